The van der Waals surface area contributed by atoms with E-state index in [2.05, 4.69) is 45.4 Å². The third kappa shape index (κ3) is 5.16. The summed E-state index contributed by atoms with van der Waals surface area (Å²) in [5, 5.41) is 2.99. The highest BCUT2D eigenvalue weighted by atomic mass is 16.5. The summed E-state index contributed by atoms with van der Waals surface area (Å²) in [6.45, 7) is 5.82. The molecule has 3 rings (SSSR count). The van der Waals surface area contributed by atoms with Gasteiger partial charge in [-0.15, -0.1) is 0 Å². The lowest BCUT2D eigenvalue weighted by Gasteiger charge is -2.36. The Hall–Kier alpha value is -2.73. The van der Waals surface area contributed by atoms with Crippen LogP contribution < -0.4 is 19.7 Å². The monoisotopic (exact) mass is 383 g/mol. The van der Waals surface area contributed by atoms with E-state index >= 15 is 0 Å². The summed E-state index contributed by atoms with van der Waals surface area (Å²) < 4.78 is 10.5. The molecule has 6 heteroatoms. The van der Waals surface area contributed by atoms with E-state index in [-0.39, 0.29) is 5.91 Å². The summed E-state index contributed by atoms with van der Waals surface area (Å²) in [6, 6.07) is 15.8. The summed E-state index contributed by atoms with van der Waals surface area (Å²) in [5.74, 6) is 1.07. The summed E-state index contributed by atoms with van der Waals surface area (Å²) >= 11 is 0. The van der Waals surface area contributed by atoms with Crippen LogP contribution in [0.2, 0.25) is 0 Å². The van der Waals surface area contributed by atoms with E-state index in [0.29, 0.717) is 23.6 Å². The van der Waals surface area contributed by atoms with Crippen molar-refractivity contribution < 1.29 is 14.3 Å². The van der Waals surface area contributed by atoms with Gasteiger partial charge in [0.2, 0.25) is 0 Å². The van der Waals surface area contributed by atoms with Gasteiger partial charge in [0, 0.05) is 44.5 Å². The van der Waals surface area contributed by atoms with Crippen molar-refractivity contribution in [2.45, 2.75) is 6.42 Å². The van der Waals surface area contributed by atoms with Gasteiger partial charge in [0.25, 0.3) is 5.91 Å². The molecule has 0 atom stereocenters. The van der Waals surface area contributed by atoms with E-state index in [0.717, 1.165) is 39.1 Å². The minimum absolute atomic E-state index is 0.117. The Morgan fingerprint density at radius 2 is 1.75 bits per heavy atom. The molecule has 0 unspecified atom stereocenters. The molecule has 1 amide bonds. The number of para-hydroxylation sites is 1. The molecule has 150 valence electrons. The fourth-order valence-corrected chi connectivity index (χ4v) is 3.45. The number of ether oxygens (including phenoxy) is 2. The van der Waals surface area contributed by atoms with E-state index in [9.17, 15) is 4.79 Å². The van der Waals surface area contributed by atoms with Crippen molar-refractivity contribution in [1.29, 1.82) is 0 Å². The van der Waals surface area contributed by atoms with E-state index in [1.165, 1.54) is 5.69 Å². The van der Waals surface area contributed by atoms with Crippen molar-refractivity contribution in [1.82, 2.24) is 10.2 Å². The van der Waals surface area contributed by atoms with Crippen molar-refractivity contribution in [2.75, 3.05) is 58.4 Å². The zero-order valence-corrected chi connectivity index (χ0v) is 16.7. The Morgan fingerprint density at radius 3 is 2.43 bits per heavy atom. The minimum atomic E-state index is -0.117. The van der Waals surface area contributed by atoms with E-state index in [1.807, 2.05) is 0 Å². The summed E-state index contributed by atoms with van der Waals surface area (Å²) in [5.41, 5.74) is 1.82. The number of methoxy groups -OCH3 is 2. The molecule has 28 heavy (non-hydrogen) atoms. The van der Waals surface area contributed by atoms with Gasteiger partial charge in [-0.1, -0.05) is 18.2 Å². The maximum atomic E-state index is 12.4. The lowest BCUT2D eigenvalue weighted by molar-refractivity contribution is 0.0948. The second kappa shape index (κ2) is 9.99. The van der Waals surface area contributed by atoms with E-state index in [1.54, 1.807) is 32.4 Å². The topological polar surface area (TPSA) is 54.0 Å². The number of anilines is 1. The first-order valence-electron chi connectivity index (χ1n) is 9.74. The van der Waals surface area contributed by atoms with Gasteiger partial charge >= 0.3 is 0 Å². The molecule has 0 saturated carbocycles. The molecule has 0 radical (unpaired) electrons. The number of benzene rings is 2. The smallest absolute Gasteiger partial charge is 0.255 e. The van der Waals surface area contributed by atoms with Crippen LogP contribution in [0.3, 0.4) is 0 Å². The van der Waals surface area contributed by atoms with Crippen LogP contribution >= 0.6 is 0 Å². The van der Waals surface area contributed by atoms with Crippen LogP contribution in [0.5, 0.6) is 11.5 Å². The normalized spacial score (nSPS) is 14.6. The highest BCUT2D eigenvalue weighted by Gasteiger charge is 2.17. The van der Waals surface area contributed by atoms with Crippen molar-refractivity contribution in [2.24, 2.45) is 0 Å². The second-order valence-electron chi connectivity index (χ2n) is 6.84. The Morgan fingerprint density at radius 1 is 1.00 bits per heavy atom. The fourth-order valence-electron chi connectivity index (χ4n) is 3.45. The number of hydrogen-bond acceptors (Lipinski definition) is 5. The Bertz CT molecular complexity index is 759. The molecule has 2 aromatic carbocycles. The summed E-state index contributed by atoms with van der Waals surface area (Å²) in [7, 11) is 3.15. The van der Waals surface area contributed by atoms with Gasteiger partial charge in [-0.3, -0.25) is 9.69 Å². The Labute approximate surface area is 167 Å². The van der Waals surface area contributed by atoms with Crippen LogP contribution in [-0.4, -0.2) is 64.3 Å². The number of hydrogen-bond donors (Lipinski definition) is 1. The molecular formula is C22H29N3O3. The van der Waals surface area contributed by atoms with Crippen molar-refractivity contribution in [3.8, 4) is 11.5 Å². The first-order chi connectivity index (χ1) is 13.7. The first kappa shape index (κ1) is 20.0. The number of amides is 1. The molecule has 2 aromatic rings. The highest BCUT2D eigenvalue weighted by molar-refractivity contribution is 5.97. The van der Waals surface area contributed by atoms with Gasteiger partial charge in [0.1, 0.15) is 11.5 Å². The van der Waals surface area contributed by atoms with Crippen molar-refractivity contribution in [3.05, 3.63) is 54.1 Å². The van der Waals surface area contributed by atoms with Crippen LogP contribution in [0.25, 0.3) is 0 Å². The number of nitrogens with zero attached hydrogens (tertiary/aromatic N) is 2. The number of piperazine rings is 1. The molecule has 1 aliphatic rings. The maximum absolute atomic E-state index is 12.4. The van der Waals surface area contributed by atoms with Crippen LogP contribution in [0.1, 0.15) is 16.8 Å². The molecule has 1 heterocycles. The van der Waals surface area contributed by atoms with E-state index in [4.69, 9.17) is 9.47 Å². The summed E-state index contributed by atoms with van der Waals surface area (Å²) in [4.78, 5) is 17.3. The number of rotatable bonds is 8. The quantitative estimate of drug-likeness (QED) is 0.711. The molecular weight excluding hydrogens is 354 g/mol. The molecule has 1 N–H and O–H groups in total. The van der Waals surface area contributed by atoms with Crippen LogP contribution in [0.4, 0.5) is 5.69 Å². The first-order valence-corrected chi connectivity index (χ1v) is 9.74. The third-order valence-electron chi connectivity index (χ3n) is 5.08. The maximum Gasteiger partial charge on any atom is 0.255 e. The number of nitrogens with one attached hydrogen (secondary N) is 1. The minimum Gasteiger partial charge on any atom is -0.497 e. The van der Waals surface area contributed by atoms with Gasteiger partial charge in [-0.25, -0.2) is 0 Å². The summed E-state index contributed by atoms with van der Waals surface area (Å²) in [6.07, 6.45) is 0.926. The average molecular weight is 383 g/mol. The lowest BCUT2D eigenvalue weighted by Crippen LogP contribution is -2.47. The SMILES string of the molecule is COc1ccc(C(=O)NCCCN2CCN(c3ccccc3)CC2)c(OC)c1. The molecule has 0 bridgehead atoms. The number of carbonyl (C=O) groups excluding carboxylic acids is 1. The molecule has 1 fully saturated rings. The lowest BCUT2D eigenvalue weighted by atomic mass is 10.1. The zero-order valence-electron chi connectivity index (χ0n) is 16.7. The highest BCUT2D eigenvalue weighted by Crippen LogP contribution is 2.24. The van der Waals surface area contributed by atoms with Crippen LogP contribution in [0.15, 0.2) is 48.5 Å². The second-order valence-corrected chi connectivity index (χ2v) is 6.84. The van der Waals surface area contributed by atoms with Gasteiger partial charge in [-0.2, -0.15) is 0 Å². The van der Waals surface area contributed by atoms with Crippen LogP contribution in [0, 0.1) is 0 Å². The largest absolute Gasteiger partial charge is 0.497 e. The molecule has 1 saturated heterocycles. The average Bonchev–Trinajstić information content (AvgIpc) is 2.77. The van der Waals surface area contributed by atoms with Gasteiger partial charge in [0.05, 0.1) is 19.8 Å². The number of carbonyl (C=O) groups is 1. The van der Waals surface area contributed by atoms with E-state index < -0.39 is 0 Å². The predicted molar refractivity (Wildman–Crippen MR) is 112 cm³/mol. The molecule has 0 aromatic heterocycles. The predicted octanol–water partition coefficient (Wildman–Crippen LogP) is 2.65. The van der Waals surface area contributed by atoms with Gasteiger partial charge in [-0.05, 0) is 37.2 Å². The third-order valence-corrected chi connectivity index (χ3v) is 5.08. The van der Waals surface area contributed by atoms with Gasteiger partial charge in [0.15, 0.2) is 0 Å². The molecule has 1 aliphatic heterocycles. The zero-order chi connectivity index (χ0) is 19.8. The molecule has 0 spiro atoms. The van der Waals surface area contributed by atoms with Crippen LogP contribution in [-0.2, 0) is 0 Å². The Balaban J connectivity index is 1.39. The fraction of sp³-hybridized carbons (Fsp3) is 0.409. The Kier molecular flexibility index (Phi) is 7.14. The molecule has 0 aliphatic carbocycles. The van der Waals surface area contributed by atoms with Crippen molar-refractivity contribution >= 4 is 11.6 Å². The molecule has 6 nitrogen and oxygen atoms in total. The van der Waals surface area contributed by atoms with Crippen molar-refractivity contribution in [3.63, 3.8) is 0 Å². The van der Waals surface area contributed by atoms with Gasteiger partial charge < -0.3 is 19.7 Å². The standard InChI is InChI=1S/C22H29N3O3/c1-27-19-9-10-20(21(17-19)28-2)22(26)23-11-6-12-24-13-15-25(16-14-24)18-7-4-3-5-8-18/h3-5,7-10,17H,6,11-16H2,1-2H3,(H,23,26).